The Morgan fingerprint density at radius 2 is 2.62 bits per heavy atom. The zero-order chi connectivity index (χ0) is 5.82. The fourth-order valence-electron chi connectivity index (χ4n) is 0.754. The molecule has 0 fully saturated rings. The quantitative estimate of drug-likeness (QED) is 0.486. The Kier molecular flexibility index (Phi) is 1.80. The second-order valence-electron chi connectivity index (χ2n) is 1.86. The fraction of sp³-hybridized carbons (Fsp3) is 0.500. The van der Waals surface area contributed by atoms with Crippen LogP contribution in [0.3, 0.4) is 0 Å². The Bertz CT molecular complexity index is 118. The molecule has 1 heterocycles. The van der Waals surface area contributed by atoms with Crippen LogP contribution in [-0.4, -0.2) is 19.4 Å². The highest BCUT2D eigenvalue weighted by Crippen LogP contribution is 1.95. The molecule has 0 unspecified atom stereocenters. The summed E-state index contributed by atoms with van der Waals surface area (Å²) in [4.78, 5) is 10.1. The Morgan fingerprint density at radius 1 is 1.75 bits per heavy atom. The minimum atomic E-state index is 0.753. The monoisotopic (exact) mass is 111 g/mol. The van der Waals surface area contributed by atoms with E-state index in [1.165, 1.54) is 0 Å². The van der Waals surface area contributed by atoms with Gasteiger partial charge in [0, 0.05) is 12.1 Å². The van der Waals surface area contributed by atoms with E-state index in [1.807, 2.05) is 6.08 Å². The van der Waals surface area contributed by atoms with Crippen molar-refractivity contribution in [2.24, 2.45) is 0 Å². The molecule has 0 saturated carbocycles. The summed E-state index contributed by atoms with van der Waals surface area (Å²) in [5.74, 6) is 0. The number of nitrogens with one attached hydrogen (secondary N) is 1. The molecule has 0 aromatic rings. The highest BCUT2D eigenvalue weighted by molar-refractivity contribution is 5.73. The van der Waals surface area contributed by atoms with E-state index in [0.717, 1.165) is 31.4 Å². The Hall–Kier alpha value is -0.630. The third-order valence-electron chi connectivity index (χ3n) is 1.21. The standard InChI is InChI=1S/C6H9NO/c8-5-6-2-1-3-7-4-6/h2,5,7H,1,3-4H2. The number of aldehydes is 1. The summed E-state index contributed by atoms with van der Waals surface area (Å²) in [6.07, 6.45) is 3.88. The second kappa shape index (κ2) is 2.62. The van der Waals surface area contributed by atoms with Crippen LogP contribution < -0.4 is 5.32 Å². The van der Waals surface area contributed by atoms with Crippen LogP contribution in [0, 0.1) is 0 Å². The maximum absolute atomic E-state index is 10.1. The molecule has 0 aromatic heterocycles. The average molecular weight is 111 g/mol. The zero-order valence-electron chi connectivity index (χ0n) is 4.68. The van der Waals surface area contributed by atoms with Gasteiger partial charge in [0.1, 0.15) is 6.29 Å². The first-order valence-electron chi connectivity index (χ1n) is 2.78. The van der Waals surface area contributed by atoms with Gasteiger partial charge in [0.25, 0.3) is 0 Å². The molecule has 0 aromatic carbocycles. The molecule has 0 atom stereocenters. The van der Waals surface area contributed by atoms with Crippen LogP contribution in [-0.2, 0) is 4.79 Å². The van der Waals surface area contributed by atoms with Gasteiger partial charge in [-0.05, 0) is 13.0 Å². The second-order valence-corrected chi connectivity index (χ2v) is 1.86. The lowest BCUT2D eigenvalue weighted by Crippen LogP contribution is -2.22. The molecule has 1 aliphatic rings. The van der Waals surface area contributed by atoms with Gasteiger partial charge < -0.3 is 5.32 Å². The van der Waals surface area contributed by atoms with Crippen LogP contribution in [0.5, 0.6) is 0 Å². The van der Waals surface area contributed by atoms with Crippen LogP contribution in [0.2, 0.25) is 0 Å². The first kappa shape index (κ1) is 5.51. The maximum Gasteiger partial charge on any atom is 0.147 e. The average Bonchev–Trinajstić information content (AvgIpc) is 1.90. The summed E-state index contributed by atoms with van der Waals surface area (Å²) in [6.45, 7) is 1.76. The summed E-state index contributed by atoms with van der Waals surface area (Å²) in [7, 11) is 0. The molecule has 1 aliphatic heterocycles. The van der Waals surface area contributed by atoms with E-state index < -0.39 is 0 Å². The van der Waals surface area contributed by atoms with Gasteiger partial charge in [0.2, 0.25) is 0 Å². The smallest absolute Gasteiger partial charge is 0.147 e. The van der Waals surface area contributed by atoms with Crippen LogP contribution >= 0.6 is 0 Å². The lowest BCUT2D eigenvalue weighted by atomic mass is 10.2. The molecule has 0 aliphatic carbocycles. The summed E-state index contributed by atoms with van der Waals surface area (Å²) in [5, 5.41) is 3.09. The van der Waals surface area contributed by atoms with Crippen molar-refractivity contribution in [2.45, 2.75) is 6.42 Å². The van der Waals surface area contributed by atoms with Crippen LogP contribution in [0.4, 0.5) is 0 Å². The summed E-state index contributed by atoms with van der Waals surface area (Å²) in [5.41, 5.74) is 0.885. The van der Waals surface area contributed by atoms with Crippen molar-refractivity contribution in [3.8, 4) is 0 Å². The maximum atomic E-state index is 10.1. The number of carbonyl (C=O) groups excluding carboxylic acids is 1. The predicted octanol–water partition coefficient (Wildman–Crippen LogP) is 0.105. The number of rotatable bonds is 1. The molecular weight excluding hydrogens is 102 g/mol. The molecule has 0 amide bonds. The molecule has 1 N–H and O–H groups in total. The minimum Gasteiger partial charge on any atom is -0.312 e. The van der Waals surface area contributed by atoms with Gasteiger partial charge in [-0.2, -0.15) is 0 Å². The zero-order valence-corrected chi connectivity index (χ0v) is 4.68. The molecule has 0 saturated heterocycles. The summed E-state index contributed by atoms with van der Waals surface area (Å²) in [6, 6.07) is 0. The Balaban J connectivity index is 2.49. The van der Waals surface area contributed by atoms with E-state index >= 15 is 0 Å². The van der Waals surface area contributed by atoms with E-state index in [1.54, 1.807) is 0 Å². The highest BCUT2D eigenvalue weighted by atomic mass is 16.1. The molecule has 1 rings (SSSR count). The first-order chi connectivity index (χ1) is 3.93. The molecule has 2 nitrogen and oxygen atoms in total. The van der Waals surface area contributed by atoms with E-state index in [4.69, 9.17) is 0 Å². The van der Waals surface area contributed by atoms with Crippen LogP contribution in [0.1, 0.15) is 6.42 Å². The van der Waals surface area contributed by atoms with Gasteiger partial charge in [0.15, 0.2) is 0 Å². The van der Waals surface area contributed by atoms with E-state index in [-0.39, 0.29) is 0 Å². The van der Waals surface area contributed by atoms with Crippen molar-refractivity contribution in [1.29, 1.82) is 0 Å². The van der Waals surface area contributed by atoms with Gasteiger partial charge in [-0.25, -0.2) is 0 Å². The van der Waals surface area contributed by atoms with Gasteiger partial charge >= 0.3 is 0 Å². The molecule has 2 heteroatoms. The van der Waals surface area contributed by atoms with Crippen LogP contribution in [0.15, 0.2) is 11.6 Å². The van der Waals surface area contributed by atoms with Crippen molar-refractivity contribution in [3.05, 3.63) is 11.6 Å². The predicted molar refractivity (Wildman–Crippen MR) is 31.6 cm³/mol. The van der Waals surface area contributed by atoms with Crippen molar-refractivity contribution in [1.82, 2.24) is 5.32 Å². The Labute approximate surface area is 48.6 Å². The first-order valence-corrected chi connectivity index (χ1v) is 2.78. The number of carbonyl (C=O) groups is 1. The summed E-state index contributed by atoms with van der Waals surface area (Å²) < 4.78 is 0. The third-order valence-corrected chi connectivity index (χ3v) is 1.21. The van der Waals surface area contributed by atoms with E-state index in [0.29, 0.717) is 0 Å². The molecule has 0 radical (unpaired) electrons. The normalized spacial score (nSPS) is 19.8. The van der Waals surface area contributed by atoms with Gasteiger partial charge in [-0.15, -0.1) is 0 Å². The molecule has 0 bridgehead atoms. The molecular formula is C6H9NO. The van der Waals surface area contributed by atoms with Crippen molar-refractivity contribution >= 4 is 6.29 Å². The minimum absolute atomic E-state index is 0.753. The molecule has 8 heavy (non-hydrogen) atoms. The van der Waals surface area contributed by atoms with Crippen molar-refractivity contribution in [2.75, 3.05) is 13.1 Å². The molecule has 0 spiro atoms. The van der Waals surface area contributed by atoms with Crippen molar-refractivity contribution < 1.29 is 4.79 Å². The largest absolute Gasteiger partial charge is 0.312 e. The third kappa shape index (κ3) is 1.17. The number of hydrogen-bond acceptors (Lipinski definition) is 2. The highest BCUT2D eigenvalue weighted by Gasteiger charge is 1.98. The van der Waals surface area contributed by atoms with E-state index in [2.05, 4.69) is 5.32 Å². The molecule has 44 valence electrons. The van der Waals surface area contributed by atoms with Gasteiger partial charge in [-0.1, -0.05) is 6.08 Å². The SMILES string of the molecule is O=CC1=CCCNC1. The van der Waals surface area contributed by atoms with Gasteiger partial charge in [-0.3, -0.25) is 4.79 Å². The van der Waals surface area contributed by atoms with Crippen molar-refractivity contribution in [3.63, 3.8) is 0 Å². The topological polar surface area (TPSA) is 29.1 Å². The summed E-state index contributed by atoms with van der Waals surface area (Å²) >= 11 is 0. The fourth-order valence-corrected chi connectivity index (χ4v) is 0.754. The van der Waals surface area contributed by atoms with Crippen LogP contribution in [0.25, 0.3) is 0 Å². The lowest BCUT2D eigenvalue weighted by molar-refractivity contribution is -0.105. The Morgan fingerprint density at radius 3 is 3.00 bits per heavy atom. The number of hydrogen-bond donors (Lipinski definition) is 1. The lowest BCUT2D eigenvalue weighted by Gasteiger charge is -2.07. The van der Waals surface area contributed by atoms with Gasteiger partial charge in [0.05, 0.1) is 0 Å². The van der Waals surface area contributed by atoms with E-state index in [9.17, 15) is 4.79 Å².